The van der Waals surface area contributed by atoms with E-state index in [2.05, 4.69) is 26.4 Å². The summed E-state index contributed by atoms with van der Waals surface area (Å²) in [5.41, 5.74) is 8.23. The Morgan fingerprint density at radius 2 is 2.08 bits per heavy atom. The van der Waals surface area contributed by atoms with Crippen LogP contribution in [0.15, 0.2) is 12.4 Å². The highest BCUT2D eigenvalue weighted by atomic mass is 16.1. The zero-order valence-corrected chi connectivity index (χ0v) is 13.9. The molecule has 7 nitrogen and oxygen atoms in total. The standard InChI is InChI=1S/C17H22N6O/c1-11-20-13-4-2-3-5-15(13)23(11)12-6-7-22(10-12)16-9-19-8-14(21-16)17(18)24/h8-9,12H,2-7,10H2,1H3,(H2,18,24)/t12-/m0/s1. The second kappa shape index (κ2) is 5.89. The first kappa shape index (κ1) is 15.1. The van der Waals surface area contributed by atoms with Crippen LogP contribution in [0.2, 0.25) is 0 Å². The van der Waals surface area contributed by atoms with Crippen LogP contribution in [0.3, 0.4) is 0 Å². The van der Waals surface area contributed by atoms with Crippen molar-refractivity contribution in [3.8, 4) is 0 Å². The number of carbonyl (C=O) groups is 1. The minimum atomic E-state index is -0.542. The summed E-state index contributed by atoms with van der Waals surface area (Å²) in [6.07, 6.45) is 8.89. The van der Waals surface area contributed by atoms with Gasteiger partial charge in [-0.1, -0.05) is 0 Å². The number of aromatic nitrogens is 4. The summed E-state index contributed by atoms with van der Waals surface area (Å²) in [5.74, 6) is 1.30. The van der Waals surface area contributed by atoms with Crippen LogP contribution in [0.5, 0.6) is 0 Å². The quantitative estimate of drug-likeness (QED) is 0.921. The second-order valence-corrected chi connectivity index (χ2v) is 6.64. The molecule has 2 aliphatic rings. The highest BCUT2D eigenvalue weighted by Crippen LogP contribution is 2.31. The summed E-state index contributed by atoms with van der Waals surface area (Å²) in [6, 6.07) is 0.401. The van der Waals surface area contributed by atoms with Gasteiger partial charge >= 0.3 is 0 Å². The van der Waals surface area contributed by atoms with E-state index < -0.39 is 5.91 Å². The van der Waals surface area contributed by atoms with Crippen LogP contribution >= 0.6 is 0 Å². The molecule has 24 heavy (non-hydrogen) atoms. The van der Waals surface area contributed by atoms with Gasteiger partial charge in [-0.3, -0.25) is 9.78 Å². The Morgan fingerprint density at radius 3 is 2.92 bits per heavy atom. The van der Waals surface area contributed by atoms with E-state index in [1.54, 1.807) is 6.20 Å². The molecule has 4 rings (SSSR count). The maximum atomic E-state index is 11.3. The average molecular weight is 326 g/mol. The van der Waals surface area contributed by atoms with Crippen LogP contribution in [0.4, 0.5) is 5.82 Å². The van der Waals surface area contributed by atoms with Crippen molar-refractivity contribution in [1.29, 1.82) is 0 Å². The number of nitrogens with zero attached hydrogens (tertiary/aromatic N) is 5. The molecular formula is C17H22N6O. The van der Waals surface area contributed by atoms with Crippen molar-refractivity contribution in [2.75, 3.05) is 18.0 Å². The maximum Gasteiger partial charge on any atom is 0.268 e. The third kappa shape index (κ3) is 2.53. The first-order valence-electron chi connectivity index (χ1n) is 8.57. The minimum Gasteiger partial charge on any atom is -0.364 e. The number of nitrogens with two attached hydrogens (primary N) is 1. The number of aryl methyl sites for hydroxylation is 2. The molecule has 2 N–H and O–H groups in total. The summed E-state index contributed by atoms with van der Waals surface area (Å²) in [7, 11) is 0. The Kier molecular flexibility index (Phi) is 3.70. The van der Waals surface area contributed by atoms with Gasteiger partial charge in [0.25, 0.3) is 5.91 Å². The number of imidazole rings is 1. The predicted molar refractivity (Wildman–Crippen MR) is 90.0 cm³/mol. The number of fused-ring (bicyclic) bond motifs is 1. The molecule has 0 aromatic carbocycles. The van der Waals surface area contributed by atoms with Gasteiger partial charge in [-0.05, 0) is 39.0 Å². The molecule has 1 amide bonds. The van der Waals surface area contributed by atoms with Crippen LogP contribution in [-0.4, -0.2) is 38.5 Å². The Balaban J connectivity index is 1.58. The number of carbonyl (C=O) groups excluding carboxylic acids is 1. The number of amides is 1. The largest absolute Gasteiger partial charge is 0.364 e. The minimum absolute atomic E-state index is 0.215. The topological polar surface area (TPSA) is 89.9 Å². The van der Waals surface area contributed by atoms with Gasteiger partial charge in [0.2, 0.25) is 0 Å². The molecule has 0 spiro atoms. The highest BCUT2D eigenvalue weighted by molar-refractivity contribution is 5.90. The van der Waals surface area contributed by atoms with Crippen molar-refractivity contribution in [3.63, 3.8) is 0 Å². The lowest BCUT2D eigenvalue weighted by molar-refractivity contribution is 0.0995. The van der Waals surface area contributed by atoms with Gasteiger partial charge in [-0.25, -0.2) is 9.97 Å². The van der Waals surface area contributed by atoms with Crippen molar-refractivity contribution in [2.24, 2.45) is 5.73 Å². The molecule has 1 atom stereocenters. The Hall–Kier alpha value is -2.44. The summed E-state index contributed by atoms with van der Waals surface area (Å²) in [4.78, 5) is 26.7. The molecule has 3 heterocycles. The van der Waals surface area contributed by atoms with Crippen LogP contribution < -0.4 is 10.6 Å². The van der Waals surface area contributed by atoms with Crippen LogP contribution in [0.1, 0.15) is 53.0 Å². The number of anilines is 1. The van der Waals surface area contributed by atoms with E-state index in [1.165, 1.54) is 30.4 Å². The fourth-order valence-corrected chi connectivity index (χ4v) is 3.97. The number of hydrogen-bond acceptors (Lipinski definition) is 5. The molecule has 1 aliphatic heterocycles. The lowest BCUT2D eigenvalue weighted by Crippen LogP contribution is -2.24. The van der Waals surface area contributed by atoms with Crippen molar-refractivity contribution in [3.05, 3.63) is 35.3 Å². The van der Waals surface area contributed by atoms with Crippen molar-refractivity contribution in [1.82, 2.24) is 19.5 Å². The summed E-state index contributed by atoms with van der Waals surface area (Å²) >= 11 is 0. The third-order valence-corrected chi connectivity index (χ3v) is 5.07. The SMILES string of the molecule is Cc1nc2c(n1[C@H]1CCN(c3cncc(C(N)=O)n3)C1)CCCC2. The third-order valence-electron chi connectivity index (χ3n) is 5.07. The Bertz CT molecular complexity index is 783. The molecule has 0 radical (unpaired) electrons. The van der Waals surface area contributed by atoms with Crippen LogP contribution in [0, 0.1) is 6.92 Å². The van der Waals surface area contributed by atoms with Crippen molar-refractivity contribution < 1.29 is 4.79 Å². The van der Waals surface area contributed by atoms with Gasteiger partial charge in [0.1, 0.15) is 17.3 Å². The van der Waals surface area contributed by atoms with E-state index in [4.69, 9.17) is 10.7 Å². The molecular weight excluding hydrogens is 304 g/mol. The molecule has 2 aromatic heterocycles. The zero-order chi connectivity index (χ0) is 16.7. The van der Waals surface area contributed by atoms with Gasteiger partial charge < -0.3 is 15.2 Å². The van der Waals surface area contributed by atoms with E-state index in [9.17, 15) is 4.79 Å². The first-order valence-corrected chi connectivity index (χ1v) is 8.57. The van der Waals surface area contributed by atoms with E-state index in [0.717, 1.165) is 44.0 Å². The van der Waals surface area contributed by atoms with E-state index in [-0.39, 0.29) is 5.69 Å². The monoisotopic (exact) mass is 326 g/mol. The molecule has 0 saturated carbocycles. The van der Waals surface area contributed by atoms with Gasteiger partial charge in [0.05, 0.1) is 24.1 Å². The number of hydrogen-bond donors (Lipinski definition) is 1. The lowest BCUT2D eigenvalue weighted by Gasteiger charge is -2.21. The van der Waals surface area contributed by atoms with Crippen LogP contribution in [-0.2, 0) is 12.8 Å². The van der Waals surface area contributed by atoms with E-state index in [0.29, 0.717) is 6.04 Å². The molecule has 1 saturated heterocycles. The zero-order valence-electron chi connectivity index (χ0n) is 13.9. The van der Waals surface area contributed by atoms with Crippen molar-refractivity contribution >= 4 is 11.7 Å². The summed E-state index contributed by atoms with van der Waals surface area (Å²) in [5, 5.41) is 0. The van der Waals surface area contributed by atoms with Gasteiger partial charge in [-0.15, -0.1) is 0 Å². The highest BCUT2D eigenvalue weighted by Gasteiger charge is 2.30. The summed E-state index contributed by atoms with van der Waals surface area (Å²) < 4.78 is 2.43. The molecule has 126 valence electrons. The number of rotatable bonds is 3. The Labute approximate surface area is 140 Å². The molecule has 2 aromatic rings. The molecule has 0 unspecified atom stereocenters. The summed E-state index contributed by atoms with van der Waals surface area (Å²) in [6.45, 7) is 3.86. The van der Waals surface area contributed by atoms with Gasteiger partial charge in [-0.2, -0.15) is 0 Å². The van der Waals surface area contributed by atoms with E-state index in [1.807, 2.05) is 0 Å². The fraction of sp³-hybridized carbons (Fsp3) is 0.529. The molecule has 7 heteroatoms. The normalized spacial score (nSPS) is 20.2. The van der Waals surface area contributed by atoms with Gasteiger partial charge in [0.15, 0.2) is 0 Å². The molecule has 0 bridgehead atoms. The molecule has 1 fully saturated rings. The predicted octanol–water partition coefficient (Wildman–Crippen LogP) is 1.41. The van der Waals surface area contributed by atoms with Crippen LogP contribution in [0.25, 0.3) is 0 Å². The molecule has 1 aliphatic carbocycles. The first-order chi connectivity index (χ1) is 11.6. The second-order valence-electron chi connectivity index (χ2n) is 6.64. The lowest BCUT2D eigenvalue weighted by atomic mass is 10.0. The average Bonchev–Trinajstić information content (AvgIpc) is 3.18. The Morgan fingerprint density at radius 1 is 1.25 bits per heavy atom. The maximum absolute atomic E-state index is 11.3. The van der Waals surface area contributed by atoms with E-state index >= 15 is 0 Å². The van der Waals surface area contributed by atoms with Gasteiger partial charge in [0, 0.05) is 18.8 Å². The fourth-order valence-electron chi connectivity index (χ4n) is 3.97. The smallest absolute Gasteiger partial charge is 0.268 e. The van der Waals surface area contributed by atoms with Crippen molar-refractivity contribution in [2.45, 2.75) is 45.1 Å². The number of primary amides is 1.